The fraction of sp³-hybridized carbons (Fsp3) is 0.600. The molecule has 1 atom stereocenters. The van der Waals surface area contributed by atoms with E-state index < -0.39 is 0 Å². The van der Waals surface area contributed by atoms with Crippen molar-refractivity contribution in [3.05, 3.63) is 29.6 Å². The van der Waals surface area contributed by atoms with Crippen molar-refractivity contribution in [3.8, 4) is 5.75 Å². The van der Waals surface area contributed by atoms with Gasteiger partial charge < -0.3 is 10.1 Å². The third-order valence-corrected chi connectivity index (χ3v) is 3.88. The Kier molecular flexibility index (Phi) is 3.23. The van der Waals surface area contributed by atoms with Crippen LogP contribution in [-0.4, -0.2) is 42.7 Å². The van der Waals surface area contributed by atoms with Gasteiger partial charge in [-0.2, -0.15) is 0 Å². The summed E-state index contributed by atoms with van der Waals surface area (Å²) < 4.78 is 19.1. The van der Waals surface area contributed by atoms with Crippen LogP contribution in [0, 0.1) is 5.82 Å². The summed E-state index contributed by atoms with van der Waals surface area (Å²) in [5, 5.41) is 3.51. The molecule has 1 aromatic carbocycles. The van der Waals surface area contributed by atoms with Gasteiger partial charge in [0.25, 0.3) is 0 Å². The van der Waals surface area contributed by atoms with E-state index in [1.807, 2.05) is 0 Å². The van der Waals surface area contributed by atoms with E-state index in [0.29, 0.717) is 0 Å². The normalized spacial score (nSPS) is 25.9. The minimum Gasteiger partial charge on any atom is -0.488 e. The molecule has 104 valence electrons. The van der Waals surface area contributed by atoms with E-state index in [9.17, 15) is 4.39 Å². The van der Waals surface area contributed by atoms with Gasteiger partial charge in [0.05, 0.1) is 0 Å². The van der Waals surface area contributed by atoms with Gasteiger partial charge in [0, 0.05) is 43.7 Å². The first-order valence-corrected chi connectivity index (χ1v) is 6.94. The molecule has 0 radical (unpaired) electrons. The minimum absolute atomic E-state index is 0.158. The van der Waals surface area contributed by atoms with E-state index in [0.717, 1.165) is 43.9 Å². The van der Waals surface area contributed by atoms with Crippen molar-refractivity contribution in [2.24, 2.45) is 0 Å². The molecule has 2 aliphatic rings. The van der Waals surface area contributed by atoms with Crippen LogP contribution in [0.1, 0.15) is 19.4 Å². The van der Waals surface area contributed by atoms with E-state index in [4.69, 9.17) is 4.74 Å². The number of piperazine rings is 1. The van der Waals surface area contributed by atoms with Gasteiger partial charge in [-0.05, 0) is 32.0 Å². The molecule has 2 aliphatic heterocycles. The topological polar surface area (TPSA) is 24.5 Å². The third kappa shape index (κ3) is 2.90. The standard InChI is InChI=1S/C15H21FN2O/c1-15(2)10-18(6-5-17-15)9-13-8-11-7-12(16)3-4-14(11)19-13/h3-4,7,13,17H,5-6,8-10H2,1-2H3. The molecule has 0 bridgehead atoms. The van der Waals surface area contributed by atoms with Gasteiger partial charge in [0.15, 0.2) is 0 Å². The number of nitrogens with zero attached hydrogens (tertiary/aromatic N) is 1. The van der Waals surface area contributed by atoms with E-state index in [1.54, 1.807) is 12.1 Å². The van der Waals surface area contributed by atoms with Gasteiger partial charge in [0.2, 0.25) is 0 Å². The molecule has 0 aromatic heterocycles. The largest absolute Gasteiger partial charge is 0.488 e. The van der Waals surface area contributed by atoms with Gasteiger partial charge in [0.1, 0.15) is 17.7 Å². The average Bonchev–Trinajstić information content (AvgIpc) is 2.68. The lowest BCUT2D eigenvalue weighted by Gasteiger charge is -2.39. The molecule has 1 fully saturated rings. The van der Waals surface area contributed by atoms with Crippen molar-refractivity contribution in [1.82, 2.24) is 10.2 Å². The van der Waals surface area contributed by atoms with Gasteiger partial charge >= 0.3 is 0 Å². The van der Waals surface area contributed by atoms with Crippen molar-refractivity contribution in [1.29, 1.82) is 0 Å². The van der Waals surface area contributed by atoms with Crippen LogP contribution >= 0.6 is 0 Å². The smallest absolute Gasteiger partial charge is 0.123 e. The highest BCUT2D eigenvalue weighted by Gasteiger charge is 2.30. The van der Waals surface area contributed by atoms with Crippen LogP contribution in [0.15, 0.2) is 18.2 Å². The summed E-state index contributed by atoms with van der Waals surface area (Å²) in [7, 11) is 0. The predicted octanol–water partition coefficient (Wildman–Crippen LogP) is 1.81. The second-order valence-corrected chi connectivity index (χ2v) is 6.24. The van der Waals surface area contributed by atoms with Gasteiger partial charge in [-0.3, -0.25) is 4.90 Å². The molecule has 0 saturated carbocycles. The molecular weight excluding hydrogens is 243 g/mol. The number of halogens is 1. The molecule has 0 aliphatic carbocycles. The molecule has 19 heavy (non-hydrogen) atoms. The fourth-order valence-electron chi connectivity index (χ4n) is 3.08. The zero-order valence-electron chi connectivity index (χ0n) is 11.6. The summed E-state index contributed by atoms with van der Waals surface area (Å²) in [5.41, 5.74) is 1.16. The average molecular weight is 264 g/mol. The molecule has 0 amide bonds. The van der Waals surface area contributed by atoms with Crippen LogP contribution in [-0.2, 0) is 6.42 Å². The Labute approximate surface area is 113 Å². The Hall–Kier alpha value is -1.13. The van der Waals surface area contributed by atoms with E-state index >= 15 is 0 Å². The molecule has 4 heteroatoms. The van der Waals surface area contributed by atoms with Crippen LogP contribution in [0.2, 0.25) is 0 Å². The number of rotatable bonds is 2. The second-order valence-electron chi connectivity index (χ2n) is 6.24. The minimum atomic E-state index is -0.175. The van der Waals surface area contributed by atoms with E-state index in [2.05, 4.69) is 24.1 Å². The SMILES string of the molecule is CC1(C)CN(CC2Cc3cc(F)ccc3O2)CCN1. The summed E-state index contributed by atoms with van der Waals surface area (Å²) in [6.45, 7) is 8.45. The first-order chi connectivity index (χ1) is 9.02. The lowest BCUT2D eigenvalue weighted by Crippen LogP contribution is -2.58. The summed E-state index contributed by atoms with van der Waals surface area (Å²) in [6.07, 6.45) is 0.975. The number of hydrogen-bond donors (Lipinski definition) is 1. The maximum Gasteiger partial charge on any atom is 0.123 e. The molecule has 3 rings (SSSR count). The van der Waals surface area contributed by atoms with Gasteiger partial charge in [-0.15, -0.1) is 0 Å². The Balaban J connectivity index is 1.61. The predicted molar refractivity (Wildman–Crippen MR) is 73.0 cm³/mol. The quantitative estimate of drug-likeness (QED) is 0.881. The van der Waals surface area contributed by atoms with Crippen LogP contribution in [0.5, 0.6) is 5.75 Å². The molecule has 0 spiro atoms. The molecule has 1 unspecified atom stereocenters. The van der Waals surface area contributed by atoms with E-state index in [1.165, 1.54) is 6.07 Å². The summed E-state index contributed by atoms with van der Waals surface area (Å²) >= 11 is 0. The van der Waals surface area contributed by atoms with Crippen molar-refractivity contribution in [3.63, 3.8) is 0 Å². The Morgan fingerprint density at radius 2 is 2.32 bits per heavy atom. The maximum absolute atomic E-state index is 13.2. The summed E-state index contributed by atoms with van der Waals surface area (Å²) in [6, 6.07) is 4.80. The highest BCUT2D eigenvalue weighted by Crippen LogP contribution is 2.29. The van der Waals surface area contributed by atoms with Gasteiger partial charge in [-0.1, -0.05) is 0 Å². The molecule has 1 saturated heterocycles. The number of nitrogens with one attached hydrogen (secondary N) is 1. The lowest BCUT2D eigenvalue weighted by molar-refractivity contribution is 0.101. The number of fused-ring (bicyclic) bond motifs is 1. The van der Waals surface area contributed by atoms with Crippen molar-refractivity contribution in [2.75, 3.05) is 26.2 Å². The number of ether oxygens (including phenoxy) is 1. The van der Waals surface area contributed by atoms with Crippen LogP contribution in [0.3, 0.4) is 0 Å². The number of benzene rings is 1. The Bertz CT molecular complexity index is 475. The lowest BCUT2D eigenvalue weighted by atomic mass is 10.0. The molecule has 1 aromatic rings. The van der Waals surface area contributed by atoms with Crippen molar-refractivity contribution < 1.29 is 9.13 Å². The Morgan fingerprint density at radius 1 is 1.47 bits per heavy atom. The summed E-state index contributed by atoms with van der Waals surface area (Å²) in [4.78, 5) is 2.43. The van der Waals surface area contributed by atoms with Gasteiger partial charge in [-0.25, -0.2) is 4.39 Å². The maximum atomic E-state index is 13.2. The number of hydrogen-bond acceptors (Lipinski definition) is 3. The van der Waals surface area contributed by atoms with Crippen LogP contribution < -0.4 is 10.1 Å². The monoisotopic (exact) mass is 264 g/mol. The van der Waals surface area contributed by atoms with Crippen molar-refractivity contribution in [2.45, 2.75) is 31.9 Å². The third-order valence-electron chi connectivity index (χ3n) is 3.88. The van der Waals surface area contributed by atoms with Crippen molar-refractivity contribution >= 4 is 0 Å². The zero-order valence-corrected chi connectivity index (χ0v) is 11.6. The van der Waals surface area contributed by atoms with Crippen LogP contribution in [0.25, 0.3) is 0 Å². The van der Waals surface area contributed by atoms with E-state index in [-0.39, 0.29) is 17.5 Å². The first-order valence-electron chi connectivity index (χ1n) is 6.94. The van der Waals surface area contributed by atoms with Crippen LogP contribution in [0.4, 0.5) is 4.39 Å². The first kappa shape index (κ1) is 12.9. The summed E-state index contributed by atoms with van der Waals surface area (Å²) in [5.74, 6) is 0.673. The Morgan fingerprint density at radius 3 is 3.11 bits per heavy atom. The molecule has 3 nitrogen and oxygen atoms in total. The second kappa shape index (κ2) is 4.76. The highest BCUT2D eigenvalue weighted by molar-refractivity contribution is 5.37. The molecule has 1 N–H and O–H groups in total. The molecular formula is C15H21FN2O. The zero-order chi connectivity index (χ0) is 13.5. The molecule has 2 heterocycles. The fourth-order valence-corrected chi connectivity index (χ4v) is 3.08. The highest BCUT2D eigenvalue weighted by atomic mass is 19.1.